The number of fused-ring (bicyclic) bond motifs is 1. The molecule has 1 unspecified atom stereocenters. The van der Waals surface area contributed by atoms with E-state index in [1.165, 1.54) is 4.31 Å². The average molecular weight is 393 g/mol. The molecule has 1 atom stereocenters. The summed E-state index contributed by atoms with van der Waals surface area (Å²) in [5.74, 6) is 0.190. The third-order valence-corrected chi connectivity index (χ3v) is 7.51. The molecule has 2 heterocycles. The predicted molar refractivity (Wildman–Crippen MR) is 99.2 cm³/mol. The Balaban J connectivity index is 1.48. The zero-order chi connectivity index (χ0) is 18.1. The summed E-state index contributed by atoms with van der Waals surface area (Å²) >= 11 is 1.01. The molecule has 1 amide bonds. The van der Waals surface area contributed by atoms with Crippen molar-refractivity contribution in [3.05, 3.63) is 30.4 Å². The van der Waals surface area contributed by atoms with Gasteiger partial charge in [0.2, 0.25) is 15.9 Å². The summed E-state index contributed by atoms with van der Waals surface area (Å²) in [4.78, 5) is 14.6. The van der Waals surface area contributed by atoms with Crippen LogP contribution in [0.4, 0.5) is 0 Å². The molecule has 1 fully saturated rings. The fraction of sp³-hybridized carbons (Fsp3) is 0.471. The molecule has 9 heteroatoms. The van der Waals surface area contributed by atoms with Crippen LogP contribution in [-0.2, 0) is 14.8 Å². The van der Waals surface area contributed by atoms with Gasteiger partial charge in [-0.05, 0) is 31.4 Å². The molecule has 0 spiro atoms. The minimum Gasteiger partial charge on any atom is -0.340 e. The van der Waals surface area contributed by atoms with Crippen molar-refractivity contribution < 1.29 is 13.2 Å². The van der Waals surface area contributed by atoms with Crippen LogP contribution in [0.1, 0.15) is 19.3 Å². The number of aromatic nitrogens is 2. The van der Waals surface area contributed by atoms with Gasteiger partial charge in [-0.15, -0.1) is 0 Å². The molecule has 1 saturated heterocycles. The maximum atomic E-state index is 13.0. The first-order valence-electron chi connectivity index (χ1n) is 8.72. The smallest absolute Gasteiger partial charge is 0.245 e. The van der Waals surface area contributed by atoms with Crippen LogP contribution in [0, 0.1) is 5.92 Å². The van der Waals surface area contributed by atoms with Crippen molar-refractivity contribution in [3.63, 3.8) is 0 Å². The molecular weight excluding hydrogens is 372 g/mol. The minimum absolute atomic E-state index is 0.0398. The Morgan fingerprint density at radius 2 is 1.92 bits per heavy atom. The number of carbonyl (C=O) groups excluding carboxylic acids is 1. The first kappa shape index (κ1) is 17.6. The molecule has 1 aromatic carbocycles. The number of benzene rings is 1. The molecule has 0 radical (unpaired) electrons. The van der Waals surface area contributed by atoms with E-state index in [1.54, 1.807) is 23.1 Å². The third kappa shape index (κ3) is 3.15. The van der Waals surface area contributed by atoms with E-state index >= 15 is 0 Å². The minimum atomic E-state index is -3.64. The van der Waals surface area contributed by atoms with E-state index in [0.717, 1.165) is 31.0 Å². The van der Waals surface area contributed by atoms with E-state index in [1.807, 2.05) is 0 Å². The lowest BCUT2D eigenvalue weighted by Gasteiger charge is -2.36. The van der Waals surface area contributed by atoms with Gasteiger partial charge in [0, 0.05) is 32.1 Å². The summed E-state index contributed by atoms with van der Waals surface area (Å²) in [6, 6.07) is 5.02. The summed E-state index contributed by atoms with van der Waals surface area (Å²) in [6.45, 7) is 1.49. The van der Waals surface area contributed by atoms with Crippen molar-refractivity contribution in [1.82, 2.24) is 18.0 Å². The summed E-state index contributed by atoms with van der Waals surface area (Å²) in [7, 11) is -3.64. The monoisotopic (exact) mass is 392 g/mol. The summed E-state index contributed by atoms with van der Waals surface area (Å²) in [6.07, 6.45) is 6.79. The Bertz CT molecular complexity index is 946. The number of carbonyl (C=O) groups is 1. The highest BCUT2D eigenvalue weighted by atomic mass is 32.2. The molecule has 0 N–H and O–H groups in total. The fourth-order valence-electron chi connectivity index (χ4n) is 3.55. The molecule has 1 aliphatic heterocycles. The largest absolute Gasteiger partial charge is 0.340 e. The van der Waals surface area contributed by atoms with Crippen molar-refractivity contribution in [1.29, 1.82) is 0 Å². The molecule has 0 saturated carbocycles. The van der Waals surface area contributed by atoms with Gasteiger partial charge in [0.15, 0.2) is 0 Å². The van der Waals surface area contributed by atoms with Crippen LogP contribution in [0.3, 0.4) is 0 Å². The number of hydrogen-bond donors (Lipinski definition) is 0. The molecule has 1 aliphatic carbocycles. The summed E-state index contributed by atoms with van der Waals surface area (Å²) < 4.78 is 35.8. The Hall–Kier alpha value is -1.84. The number of hydrogen-bond acceptors (Lipinski definition) is 6. The first-order valence-corrected chi connectivity index (χ1v) is 10.9. The lowest BCUT2D eigenvalue weighted by molar-refractivity contribution is -0.137. The SMILES string of the molecule is O=C(C1CC=CCC1)N1CCN(S(=O)(=O)c2cccc3nsnc23)CC1. The Morgan fingerprint density at radius 3 is 2.65 bits per heavy atom. The van der Waals surface area contributed by atoms with Crippen LogP contribution in [0.5, 0.6) is 0 Å². The first-order chi connectivity index (χ1) is 12.6. The van der Waals surface area contributed by atoms with Crippen molar-refractivity contribution in [2.45, 2.75) is 24.2 Å². The number of rotatable bonds is 3. The van der Waals surface area contributed by atoms with E-state index in [0.29, 0.717) is 37.2 Å². The van der Waals surface area contributed by atoms with Crippen LogP contribution < -0.4 is 0 Å². The topological polar surface area (TPSA) is 83.5 Å². The highest BCUT2D eigenvalue weighted by Gasteiger charge is 2.33. The zero-order valence-electron chi connectivity index (χ0n) is 14.2. The standard InChI is InChI=1S/C17H20N4O3S2/c22-17(13-5-2-1-3-6-13)20-9-11-21(12-10-20)26(23,24)15-8-4-7-14-16(15)19-25-18-14/h1-2,4,7-8,13H,3,5-6,9-12H2. The van der Waals surface area contributed by atoms with Crippen molar-refractivity contribution in [2.75, 3.05) is 26.2 Å². The van der Waals surface area contributed by atoms with Gasteiger partial charge >= 0.3 is 0 Å². The van der Waals surface area contributed by atoms with Crippen LogP contribution in [0.2, 0.25) is 0 Å². The van der Waals surface area contributed by atoms with E-state index in [9.17, 15) is 13.2 Å². The number of amides is 1. The second kappa shape index (κ2) is 7.05. The Labute approximate surface area is 156 Å². The predicted octanol–water partition coefficient (Wildman–Crippen LogP) is 1.88. The molecule has 7 nitrogen and oxygen atoms in total. The highest BCUT2D eigenvalue weighted by molar-refractivity contribution is 7.89. The lowest BCUT2D eigenvalue weighted by atomic mass is 9.93. The maximum absolute atomic E-state index is 13.0. The molecule has 138 valence electrons. The van der Waals surface area contributed by atoms with E-state index < -0.39 is 10.0 Å². The van der Waals surface area contributed by atoms with Gasteiger partial charge in [-0.3, -0.25) is 4.79 Å². The van der Waals surface area contributed by atoms with E-state index in [4.69, 9.17) is 0 Å². The van der Waals surface area contributed by atoms with Crippen LogP contribution in [0.25, 0.3) is 11.0 Å². The molecule has 0 bridgehead atoms. The van der Waals surface area contributed by atoms with Crippen LogP contribution in [0.15, 0.2) is 35.2 Å². The van der Waals surface area contributed by atoms with Gasteiger partial charge in [-0.25, -0.2) is 8.42 Å². The molecule has 2 aliphatic rings. The Morgan fingerprint density at radius 1 is 1.12 bits per heavy atom. The van der Waals surface area contributed by atoms with Crippen molar-refractivity contribution >= 4 is 38.7 Å². The average Bonchev–Trinajstić information content (AvgIpc) is 3.17. The molecule has 2 aromatic rings. The van der Waals surface area contributed by atoms with Crippen LogP contribution >= 0.6 is 11.7 Å². The van der Waals surface area contributed by atoms with Gasteiger partial charge in [-0.2, -0.15) is 13.1 Å². The van der Waals surface area contributed by atoms with Gasteiger partial charge in [0.1, 0.15) is 15.9 Å². The lowest BCUT2D eigenvalue weighted by Crippen LogP contribution is -2.51. The number of piperazine rings is 1. The highest BCUT2D eigenvalue weighted by Crippen LogP contribution is 2.26. The molecule has 4 rings (SSSR count). The second-order valence-electron chi connectivity index (χ2n) is 6.60. The number of nitrogens with zero attached hydrogens (tertiary/aromatic N) is 4. The van der Waals surface area contributed by atoms with Gasteiger partial charge in [0.05, 0.1) is 11.7 Å². The van der Waals surface area contributed by atoms with Crippen LogP contribution in [-0.4, -0.2) is 58.5 Å². The van der Waals surface area contributed by atoms with Gasteiger partial charge in [0.25, 0.3) is 0 Å². The third-order valence-electron chi connectivity index (χ3n) is 5.04. The normalized spacial score (nSPS) is 22.0. The van der Waals surface area contributed by atoms with Gasteiger partial charge in [-0.1, -0.05) is 18.2 Å². The van der Waals surface area contributed by atoms with E-state index in [2.05, 4.69) is 20.9 Å². The Kier molecular flexibility index (Phi) is 4.76. The zero-order valence-corrected chi connectivity index (χ0v) is 15.9. The molecular formula is C17H20N4O3S2. The number of sulfonamides is 1. The summed E-state index contributed by atoms with van der Waals surface area (Å²) in [5, 5.41) is 0. The van der Waals surface area contributed by atoms with Gasteiger partial charge < -0.3 is 4.90 Å². The summed E-state index contributed by atoms with van der Waals surface area (Å²) in [5.41, 5.74) is 1.01. The maximum Gasteiger partial charge on any atom is 0.245 e. The van der Waals surface area contributed by atoms with E-state index in [-0.39, 0.29) is 16.7 Å². The fourth-order valence-corrected chi connectivity index (χ4v) is 5.73. The number of allylic oxidation sites excluding steroid dienone is 2. The molecule has 26 heavy (non-hydrogen) atoms. The second-order valence-corrected chi connectivity index (χ2v) is 9.03. The quantitative estimate of drug-likeness (QED) is 0.745. The van der Waals surface area contributed by atoms with Crippen molar-refractivity contribution in [2.24, 2.45) is 5.92 Å². The van der Waals surface area contributed by atoms with Crippen molar-refractivity contribution in [3.8, 4) is 0 Å². The molecule has 1 aromatic heterocycles.